The van der Waals surface area contributed by atoms with Crippen molar-refractivity contribution in [2.75, 3.05) is 11.9 Å². The number of aromatic nitrogens is 3. The number of aromatic amines is 1. The average Bonchev–Trinajstić information content (AvgIpc) is 2.77. The van der Waals surface area contributed by atoms with E-state index in [9.17, 15) is 4.79 Å². The molecule has 17 heavy (non-hydrogen) atoms. The van der Waals surface area contributed by atoms with E-state index >= 15 is 0 Å². The lowest BCUT2D eigenvalue weighted by molar-refractivity contribution is 0.0697. The molecular weight excluding hydrogens is 220 g/mol. The molecule has 0 aliphatic heterocycles. The molecule has 0 atom stereocenters. The van der Waals surface area contributed by atoms with Crippen LogP contribution in [0.5, 0.6) is 0 Å². The molecule has 6 nitrogen and oxygen atoms in total. The highest BCUT2D eigenvalue weighted by molar-refractivity contribution is 6.02. The Morgan fingerprint density at radius 1 is 1.53 bits per heavy atom. The van der Waals surface area contributed by atoms with Gasteiger partial charge in [-0.25, -0.2) is 4.79 Å². The SMILES string of the molecule is CCCCNc1c(C(=O)O)cnc2cn[nH]c12. The Morgan fingerprint density at radius 3 is 3.06 bits per heavy atom. The Morgan fingerprint density at radius 2 is 2.35 bits per heavy atom. The third-order valence-electron chi connectivity index (χ3n) is 2.53. The van der Waals surface area contributed by atoms with Gasteiger partial charge in [0.1, 0.15) is 16.6 Å². The maximum Gasteiger partial charge on any atom is 0.339 e. The number of H-pyrrole nitrogens is 1. The number of nitrogens with one attached hydrogen (secondary N) is 2. The summed E-state index contributed by atoms with van der Waals surface area (Å²) in [6.07, 6.45) is 4.96. The number of unbranched alkanes of at least 4 members (excludes halogenated alkanes) is 1. The van der Waals surface area contributed by atoms with E-state index in [1.807, 2.05) is 0 Å². The number of carboxylic acid groups (broad SMARTS) is 1. The molecule has 90 valence electrons. The summed E-state index contributed by atoms with van der Waals surface area (Å²) in [5.74, 6) is -0.993. The largest absolute Gasteiger partial charge is 0.478 e. The number of hydrogen-bond donors (Lipinski definition) is 3. The van der Waals surface area contributed by atoms with E-state index < -0.39 is 5.97 Å². The van der Waals surface area contributed by atoms with Gasteiger partial charge in [-0.1, -0.05) is 13.3 Å². The smallest absolute Gasteiger partial charge is 0.339 e. The van der Waals surface area contributed by atoms with Crippen LogP contribution < -0.4 is 5.32 Å². The Kier molecular flexibility index (Phi) is 3.22. The fourth-order valence-corrected chi connectivity index (χ4v) is 1.63. The molecule has 0 fully saturated rings. The molecule has 0 saturated heterocycles. The lowest BCUT2D eigenvalue weighted by Crippen LogP contribution is -2.08. The van der Waals surface area contributed by atoms with Gasteiger partial charge in [0.25, 0.3) is 0 Å². The minimum atomic E-state index is -0.993. The lowest BCUT2D eigenvalue weighted by atomic mass is 10.2. The van der Waals surface area contributed by atoms with Crippen molar-refractivity contribution in [2.45, 2.75) is 19.8 Å². The van der Waals surface area contributed by atoms with Gasteiger partial charge in [0.15, 0.2) is 0 Å². The lowest BCUT2D eigenvalue weighted by Gasteiger charge is -2.09. The summed E-state index contributed by atoms with van der Waals surface area (Å²) in [4.78, 5) is 15.1. The van der Waals surface area contributed by atoms with Gasteiger partial charge in [0.05, 0.1) is 11.9 Å². The maximum absolute atomic E-state index is 11.1. The molecule has 0 amide bonds. The van der Waals surface area contributed by atoms with Crippen molar-refractivity contribution >= 4 is 22.7 Å². The van der Waals surface area contributed by atoms with Crippen LogP contribution in [0.4, 0.5) is 5.69 Å². The van der Waals surface area contributed by atoms with Crippen LogP contribution in [-0.2, 0) is 0 Å². The third-order valence-corrected chi connectivity index (χ3v) is 2.53. The van der Waals surface area contributed by atoms with Crippen LogP contribution >= 0.6 is 0 Å². The maximum atomic E-state index is 11.1. The summed E-state index contributed by atoms with van der Waals surface area (Å²) in [6.45, 7) is 2.81. The molecule has 0 saturated carbocycles. The Labute approximate surface area is 98.1 Å². The molecule has 0 bridgehead atoms. The van der Waals surface area contributed by atoms with Crippen LogP contribution in [-0.4, -0.2) is 32.8 Å². The monoisotopic (exact) mass is 234 g/mol. The van der Waals surface area contributed by atoms with Crippen molar-refractivity contribution in [1.82, 2.24) is 15.2 Å². The fraction of sp³-hybridized carbons (Fsp3) is 0.364. The van der Waals surface area contributed by atoms with E-state index in [0.29, 0.717) is 16.7 Å². The van der Waals surface area contributed by atoms with Gasteiger partial charge in [-0.15, -0.1) is 0 Å². The van der Waals surface area contributed by atoms with Crippen LogP contribution in [0.1, 0.15) is 30.1 Å². The molecule has 2 aromatic rings. The molecule has 2 aromatic heterocycles. The summed E-state index contributed by atoms with van der Waals surface area (Å²) < 4.78 is 0. The summed E-state index contributed by atoms with van der Waals surface area (Å²) >= 11 is 0. The van der Waals surface area contributed by atoms with E-state index in [4.69, 9.17) is 5.11 Å². The van der Waals surface area contributed by atoms with Gasteiger partial charge in [-0.2, -0.15) is 5.10 Å². The number of carboxylic acids is 1. The Hall–Kier alpha value is -2.11. The number of pyridine rings is 1. The van der Waals surface area contributed by atoms with Crippen molar-refractivity contribution in [3.8, 4) is 0 Å². The molecular formula is C11H14N4O2. The predicted octanol–water partition coefficient (Wildman–Crippen LogP) is 1.87. The highest BCUT2D eigenvalue weighted by Crippen LogP contribution is 2.23. The number of carbonyl (C=O) groups is 1. The zero-order valence-corrected chi connectivity index (χ0v) is 9.53. The van der Waals surface area contributed by atoms with Crippen molar-refractivity contribution in [1.29, 1.82) is 0 Å². The van der Waals surface area contributed by atoms with Crippen molar-refractivity contribution in [2.24, 2.45) is 0 Å². The average molecular weight is 234 g/mol. The van der Waals surface area contributed by atoms with E-state index in [1.165, 1.54) is 6.20 Å². The third kappa shape index (κ3) is 2.20. The first kappa shape index (κ1) is 11.4. The Bertz CT molecular complexity index is 535. The van der Waals surface area contributed by atoms with E-state index in [0.717, 1.165) is 19.4 Å². The molecule has 0 aliphatic carbocycles. The number of rotatable bonds is 5. The molecule has 0 aliphatic rings. The summed E-state index contributed by atoms with van der Waals surface area (Å²) in [7, 11) is 0. The van der Waals surface area contributed by atoms with Gasteiger partial charge in [-0.3, -0.25) is 10.1 Å². The highest BCUT2D eigenvalue weighted by atomic mass is 16.4. The van der Waals surface area contributed by atoms with Crippen LogP contribution in [0.2, 0.25) is 0 Å². The molecule has 0 spiro atoms. The normalized spacial score (nSPS) is 10.6. The number of hydrogen-bond acceptors (Lipinski definition) is 4. The molecule has 0 aromatic carbocycles. The first-order chi connectivity index (χ1) is 8.24. The van der Waals surface area contributed by atoms with Gasteiger partial charge >= 0.3 is 5.97 Å². The standard InChI is InChI=1S/C11H14N4O2/c1-2-3-4-12-9-7(11(16)17)5-13-8-6-14-15-10(8)9/h5-6H,2-4H2,1H3,(H,12,13)(H,14,15)(H,16,17). The van der Waals surface area contributed by atoms with Crippen LogP contribution in [0.3, 0.4) is 0 Å². The van der Waals surface area contributed by atoms with Gasteiger partial charge in [-0.05, 0) is 6.42 Å². The number of fused-ring (bicyclic) bond motifs is 1. The summed E-state index contributed by atoms with van der Waals surface area (Å²) in [6, 6.07) is 0. The predicted molar refractivity (Wildman–Crippen MR) is 64.2 cm³/mol. The fourth-order valence-electron chi connectivity index (χ4n) is 1.63. The number of anilines is 1. The van der Waals surface area contributed by atoms with Crippen LogP contribution in [0, 0.1) is 0 Å². The van der Waals surface area contributed by atoms with Crippen LogP contribution in [0.25, 0.3) is 11.0 Å². The van der Waals surface area contributed by atoms with Gasteiger partial charge in [0.2, 0.25) is 0 Å². The molecule has 0 unspecified atom stereocenters. The summed E-state index contributed by atoms with van der Waals surface area (Å²) in [5.41, 5.74) is 2.03. The van der Waals surface area contributed by atoms with Crippen molar-refractivity contribution in [3.63, 3.8) is 0 Å². The molecule has 3 N–H and O–H groups in total. The highest BCUT2D eigenvalue weighted by Gasteiger charge is 2.15. The second-order valence-corrected chi connectivity index (χ2v) is 3.76. The first-order valence-electron chi connectivity index (χ1n) is 5.53. The molecule has 2 heterocycles. The molecule has 6 heteroatoms. The quantitative estimate of drug-likeness (QED) is 0.687. The number of aromatic carboxylic acids is 1. The zero-order chi connectivity index (χ0) is 12.3. The Balaban J connectivity index is 2.42. The van der Waals surface area contributed by atoms with E-state index in [1.54, 1.807) is 6.20 Å². The molecule has 2 rings (SSSR count). The van der Waals surface area contributed by atoms with Gasteiger partial charge in [0, 0.05) is 12.7 Å². The number of nitrogens with zero attached hydrogens (tertiary/aromatic N) is 2. The topological polar surface area (TPSA) is 90.9 Å². The zero-order valence-electron chi connectivity index (χ0n) is 9.53. The molecule has 0 radical (unpaired) electrons. The van der Waals surface area contributed by atoms with E-state index in [-0.39, 0.29) is 5.56 Å². The van der Waals surface area contributed by atoms with Crippen molar-refractivity contribution in [3.05, 3.63) is 18.0 Å². The first-order valence-corrected chi connectivity index (χ1v) is 5.53. The minimum absolute atomic E-state index is 0.165. The van der Waals surface area contributed by atoms with Gasteiger partial charge < -0.3 is 10.4 Å². The second kappa shape index (κ2) is 4.82. The summed E-state index contributed by atoms with van der Waals surface area (Å²) in [5, 5.41) is 18.9. The second-order valence-electron chi connectivity index (χ2n) is 3.76. The van der Waals surface area contributed by atoms with Crippen molar-refractivity contribution < 1.29 is 9.90 Å². The van der Waals surface area contributed by atoms with Crippen LogP contribution in [0.15, 0.2) is 12.4 Å². The van der Waals surface area contributed by atoms with E-state index in [2.05, 4.69) is 27.4 Å². The minimum Gasteiger partial charge on any atom is -0.478 e.